The van der Waals surface area contributed by atoms with E-state index in [1.165, 1.54) is 18.2 Å². The van der Waals surface area contributed by atoms with Crippen LogP contribution in [-0.4, -0.2) is 70.0 Å². The molecule has 0 saturated carbocycles. The summed E-state index contributed by atoms with van der Waals surface area (Å²) in [5, 5.41) is 12.4. The topological polar surface area (TPSA) is 96.4 Å². The van der Waals surface area contributed by atoms with Crippen LogP contribution in [0.3, 0.4) is 0 Å². The lowest BCUT2D eigenvalue weighted by molar-refractivity contribution is -0.161. The standard InChI is InChI=1S/C30H37ClN2O6S/c1-32-15-6-4-3-5-7-16-33-19-29(14-8-9-22-17-24(31)11-12-25(22)29)20-39-27-13-10-23(18-26(27)33)30(35,28(34)38-2)21-40(32,36)37/h4,6,10-13,17-18,35H,3,5,7-9,14-16,19-21H2,1-2H3/b6-4+/t29-,30+/m0/s1. The van der Waals surface area contributed by atoms with Crippen LogP contribution in [0.1, 0.15) is 48.8 Å². The molecule has 3 aliphatic rings. The third kappa shape index (κ3) is 5.49. The van der Waals surface area contributed by atoms with E-state index in [1.807, 2.05) is 18.2 Å². The van der Waals surface area contributed by atoms with Gasteiger partial charge in [0.15, 0.2) is 0 Å². The first kappa shape index (κ1) is 28.9. The number of benzene rings is 2. The number of esters is 1. The highest BCUT2D eigenvalue weighted by Gasteiger charge is 2.46. The second kappa shape index (κ2) is 11.4. The van der Waals surface area contributed by atoms with Crippen LogP contribution in [-0.2, 0) is 37.0 Å². The average molecular weight is 589 g/mol. The number of anilines is 1. The molecule has 0 saturated heterocycles. The van der Waals surface area contributed by atoms with E-state index >= 15 is 0 Å². The van der Waals surface area contributed by atoms with Crippen molar-refractivity contribution in [2.45, 2.75) is 49.5 Å². The van der Waals surface area contributed by atoms with Crippen molar-refractivity contribution in [3.8, 4) is 5.75 Å². The average Bonchev–Trinajstić information content (AvgIpc) is 3.08. The quantitative estimate of drug-likeness (QED) is 0.394. The Morgan fingerprint density at radius 2 is 1.95 bits per heavy atom. The predicted octanol–water partition coefficient (Wildman–Crippen LogP) is 4.18. The molecule has 2 atom stereocenters. The van der Waals surface area contributed by atoms with Gasteiger partial charge in [0.25, 0.3) is 0 Å². The minimum absolute atomic E-state index is 0.148. The first-order valence-electron chi connectivity index (χ1n) is 13.8. The number of halogens is 1. The van der Waals surface area contributed by atoms with E-state index in [2.05, 4.69) is 17.0 Å². The second-order valence-corrected chi connectivity index (χ2v) is 13.7. The fourth-order valence-electron chi connectivity index (χ4n) is 6.23. The number of sulfonamides is 1. The van der Waals surface area contributed by atoms with Crippen LogP contribution in [0, 0.1) is 0 Å². The molecule has 0 aromatic heterocycles. The van der Waals surface area contributed by atoms with Crippen LogP contribution < -0.4 is 9.64 Å². The molecule has 1 spiro atoms. The molecule has 10 heteroatoms. The van der Waals surface area contributed by atoms with E-state index in [0.717, 1.165) is 67.2 Å². The predicted molar refractivity (Wildman–Crippen MR) is 156 cm³/mol. The number of likely N-dealkylation sites (N-methyl/N-ethyl adjacent to an activating group) is 1. The normalized spacial score (nSPS) is 27.9. The minimum Gasteiger partial charge on any atom is -0.490 e. The van der Waals surface area contributed by atoms with Gasteiger partial charge in [0.2, 0.25) is 15.6 Å². The zero-order valence-corrected chi connectivity index (χ0v) is 24.6. The molecule has 0 amide bonds. The van der Waals surface area contributed by atoms with Crippen molar-refractivity contribution >= 4 is 33.3 Å². The summed E-state index contributed by atoms with van der Waals surface area (Å²) in [6, 6.07) is 11.1. The van der Waals surface area contributed by atoms with Gasteiger partial charge < -0.3 is 19.5 Å². The van der Waals surface area contributed by atoms with Gasteiger partial charge in [-0.25, -0.2) is 17.5 Å². The number of methoxy groups -OCH3 is 1. The Hall–Kier alpha value is -2.59. The molecule has 0 radical (unpaired) electrons. The molecule has 216 valence electrons. The van der Waals surface area contributed by atoms with Crippen molar-refractivity contribution in [1.82, 2.24) is 4.31 Å². The number of allylic oxidation sites excluding steroid dienone is 1. The fraction of sp³-hybridized carbons (Fsp3) is 0.500. The van der Waals surface area contributed by atoms with Crippen LogP contribution >= 0.6 is 11.6 Å². The van der Waals surface area contributed by atoms with Crippen molar-refractivity contribution in [2.24, 2.45) is 0 Å². The molecule has 8 nitrogen and oxygen atoms in total. The summed E-state index contributed by atoms with van der Waals surface area (Å²) in [5.74, 6) is -1.23. The highest BCUT2D eigenvalue weighted by Crippen LogP contribution is 2.45. The van der Waals surface area contributed by atoms with Gasteiger partial charge in [0.1, 0.15) is 11.5 Å². The van der Waals surface area contributed by atoms with Crippen LogP contribution in [0.5, 0.6) is 5.75 Å². The zero-order chi connectivity index (χ0) is 28.5. The number of fused-ring (bicyclic) bond motifs is 3. The lowest BCUT2D eigenvalue weighted by atomic mass is 9.70. The van der Waals surface area contributed by atoms with Crippen LogP contribution in [0.25, 0.3) is 0 Å². The van der Waals surface area contributed by atoms with Crippen LogP contribution in [0.4, 0.5) is 5.69 Å². The third-order valence-electron chi connectivity index (χ3n) is 8.48. The van der Waals surface area contributed by atoms with Gasteiger partial charge in [-0.2, -0.15) is 0 Å². The van der Waals surface area contributed by atoms with Crippen molar-refractivity contribution in [3.05, 3.63) is 70.3 Å². The summed E-state index contributed by atoms with van der Waals surface area (Å²) >= 11 is 6.35. The van der Waals surface area contributed by atoms with E-state index < -0.39 is 27.3 Å². The molecule has 2 heterocycles. The molecule has 0 unspecified atom stereocenters. The summed E-state index contributed by atoms with van der Waals surface area (Å²) in [5.41, 5.74) is 0.715. The monoisotopic (exact) mass is 588 g/mol. The molecule has 5 rings (SSSR count). The van der Waals surface area contributed by atoms with Gasteiger partial charge in [0, 0.05) is 37.1 Å². The molecule has 1 N–H and O–H groups in total. The number of aryl methyl sites for hydroxylation is 1. The largest absolute Gasteiger partial charge is 0.490 e. The maximum absolute atomic E-state index is 13.2. The number of ether oxygens (including phenoxy) is 2. The van der Waals surface area contributed by atoms with E-state index in [0.29, 0.717) is 18.9 Å². The number of nitrogens with zero attached hydrogens (tertiary/aromatic N) is 2. The van der Waals surface area contributed by atoms with Crippen LogP contribution in [0.2, 0.25) is 5.02 Å². The molecule has 2 aliphatic heterocycles. The van der Waals surface area contributed by atoms with Gasteiger partial charge >= 0.3 is 5.97 Å². The molecular weight excluding hydrogens is 552 g/mol. The number of rotatable bonds is 1. The summed E-state index contributed by atoms with van der Waals surface area (Å²) in [6.45, 7) is 2.06. The Balaban J connectivity index is 1.62. The number of carbonyl (C=O) groups excluding carboxylic acids is 1. The summed E-state index contributed by atoms with van der Waals surface area (Å²) in [7, 11) is -1.43. The van der Waals surface area contributed by atoms with Crippen LogP contribution in [0.15, 0.2) is 48.6 Å². The lowest BCUT2D eigenvalue weighted by Crippen LogP contribution is -2.47. The Labute approximate surface area is 241 Å². The zero-order valence-electron chi connectivity index (χ0n) is 23.1. The SMILES string of the molecule is COC(=O)[C@@]1(O)CS(=O)(=O)N(C)C/C=C/CCCCN2C[C@@]3(CCCc4cc(Cl)ccc43)COc3ccc1cc32. The third-order valence-corrected chi connectivity index (χ3v) is 10.6. The fourth-order valence-corrected chi connectivity index (χ4v) is 7.77. The Morgan fingerprint density at radius 1 is 1.12 bits per heavy atom. The number of hydrogen-bond donors (Lipinski definition) is 1. The highest BCUT2D eigenvalue weighted by molar-refractivity contribution is 7.89. The van der Waals surface area contributed by atoms with Gasteiger partial charge in [0.05, 0.1) is 19.4 Å². The maximum atomic E-state index is 13.2. The van der Waals surface area contributed by atoms with Crippen molar-refractivity contribution < 1.29 is 27.8 Å². The second-order valence-electron chi connectivity index (χ2n) is 11.2. The number of hydrogen-bond acceptors (Lipinski definition) is 7. The number of carbonyl (C=O) groups is 1. The molecule has 2 aromatic rings. The van der Waals surface area contributed by atoms with Gasteiger partial charge in [-0.1, -0.05) is 35.9 Å². The molecular formula is C30H37ClN2O6S. The molecule has 2 bridgehead atoms. The highest BCUT2D eigenvalue weighted by atomic mass is 35.5. The number of aliphatic hydroxyl groups is 1. The van der Waals surface area contributed by atoms with Gasteiger partial charge in [-0.15, -0.1) is 0 Å². The van der Waals surface area contributed by atoms with Gasteiger partial charge in [-0.3, -0.25) is 0 Å². The minimum atomic E-state index is -4.02. The smallest absolute Gasteiger partial charge is 0.343 e. The van der Waals surface area contributed by atoms with Gasteiger partial charge in [-0.05, 0) is 79.5 Å². The van der Waals surface area contributed by atoms with Crippen molar-refractivity contribution in [2.75, 3.05) is 51.1 Å². The summed E-state index contributed by atoms with van der Waals surface area (Å²) in [4.78, 5) is 15.3. The first-order valence-corrected chi connectivity index (χ1v) is 15.8. The molecule has 40 heavy (non-hydrogen) atoms. The van der Waals surface area contributed by atoms with E-state index in [1.54, 1.807) is 18.2 Å². The summed E-state index contributed by atoms with van der Waals surface area (Å²) in [6.07, 6.45) is 9.41. The van der Waals surface area contributed by atoms with Crippen molar-refractivity contribution in [3.63, 3.8) is 0 Å². The first-order chi connectivity index (χ1) is 19.1. The molecule has 2 aromatic carbocycles. The Bertz CT molecular complexity index is 1410. The Kier molecular flexibility index (Phi) is 8.21. The van der Waals surface area contributed by atoms with E-state index in [9.17, 15) is 18.3 Å². The summed E-state index contributed by atoms with van der Waals surface area (Å²) < 4.78 is 39.0. The maximum Gasteiger partial charge on any atom is 0.343 e. The van der Waals surface area contributed by atoms with Crippen molar-refractivity contribution in [1.29, 1.82) is 0 Å². The lowest BCUT2D eigenvalue weighted by Gasteiger charge is -2.41. The van der Waals surface area contributed by atoms with E-state index in [-0.39, 0.29) is 17.5 Å². The Morgan fingerprint density at radius 3 is 2.75 bits per heavy atom. The molecule has 1 aliphatic carbocycles. The van der Waals surface area contributed by atoms with E-state index in [4.69, 9.17) is 21.1 Å². The molecule has 0 fully saturated rings.